The van der Waals surface area contributed by atoms with Gasteiger partial charge in [0.2, 0.25) is 5.91 Å². The molecule has 36 heavy (non-hydrogen) atoms. The molecule has 5 aliphatic rings. The number of rotatable bonds is 5. The zero-order valence-electron chi connectivity index (χ0n) is 23.1. The molecule has 198 valence electrons. The fourth-order valence-corrected chi connectivity index (χ4v) is 9.58. The molecule has 0 saturated heterocycles. The van der Waals surface area contributed by atoms with Crippen molar-refractivity contribution in [2.45, 2.75) is 99.0 Å². The largest absolute Gasteiger partial charge is 0.462 e. The Labute approximate surface area is 216 Å². The zero-order chi connectivity index (χ0) is 26.0. The number of carbonyl (C=O) groups is 3. The normalized spacial score (nSPS) is 42.1. The number of carbonyl (C=O) groups excluding carboxylic acids is 3. The van der Waals surface area contributed by atoms with Crippen LogP contribution in [-0.2, 0) is 19.1 Å². The van der Waals surface area contributed by atoms with Crippen LogP contribution in [-0.4, -0.2) is 30.3 Å². The van der Waals surface area contributed by atoms with Crippen LogP contribution >= 0.6 is 0 Å². The molecule has 5 rings (SSSR count). The third kappa shape index (κ3) is 4.00. The topological polar surface area (TPSA) is 72.5 Å². The van der Waals surface area contributed by atoms with E-state index in [4.69, 9.17) is 4.74 Å². The van der Waals surface area contributed by atoms with Crippen LogP contribution in [0.4, 0.5) is 0 Å². The van der Waals surface area contributed by atoms with Gasteiger partial charge in [0.25, 0.3) is 0 Å². The lowest BCUT2D eigenvalue weighted by Crippen LogP contribution is -2.51. The maximum absolute atomic E-state index is 13.4. The molecule has 0 unspecified atom stereocenters. The summed E-state index contributed by atoms with van der Waals surface area (Å²) in [6.07, 6.45) is 11.0. The summed E-state index contributed by atoms with van der Waals surface area (Å²) in [5.74, 6) is 2.91. The zero-order valence-corrected chi connectivity index (χ0v) is 23.1. The highest BCUT2D eigenvalue weighted by molar-refractivity contribution is 6.01. The van der Waals surface area contributed by atoms with Crippen LogP contribution in [0.3, 0.4) is 0 Å². The van der Waals surface area contributed by atoms with Gasteiger partial charge in [-0.3, -0.25) is 14.4 Å². The van der Waals surface area contributed by atoms with Crippen LogP contribution in [0.15, 0.2) is 22.8 Å². The molecule has 0 radical (unpaired) electrons. The monoisotopic (exact) mass is 495 g/mol. The standard InChI is InChI=1S/C31H45NO4/c1-17(16-32-19(3)33)13-25-24-15-27-23-8-7-21-14-22(36-20(4)34)9-11-30(21,5)26(23)10-12-31(27,6)28(24)18(2)29(25)35/h7,17-18,22-23,26-28H,8-16H2,1-6H3,(H,32,33)/t17-,18-,22+,23-,26+,27+,28+,30+,31+/m1/s1. The Kier molecular flexibility index (Phi) is 6.53. The number of fused-ring (bicyclic) bond motifs is 7. The first-order valence-corrected chi connectivity index (χ1v) is 14.3. The average Bonchev–Trinajstić information content (AvgIpc) is 3.24. The van der Waals surface area contributed by atoms with Crippen LogP contribution in [0.1, 0.15) is 92.9 Å². The Hall–Kier alpha value is -1.91. The van der Waals surface area contributed by atoms with Crippen molar-refractivity contribution < 1.29 is 19.1 Å². The molecule has 9 atom stereocenters. The van der Waals surface area contributed by atoms with E-state index in [1.807, 2.05) is 0 Å². The number of ketones is 1. The predicted octanol–water partition coefficient (Wildman–Crippen LogP) is 5.78. The van der Waals surface area contributed by atoms with E-state index >= 15 is 0 Å². The average molecular weight is 496 g/mol. The molecule has 1 amide bonds. The van der Waals surface area contributed by atoms with Gasteiger partial charge in [0.15, 0.2) is 5.78 Å². The van der Waals surface area contributed by atoms with E-state index in [0.29, 0.717) is 36.0 Å². The number of ether oxygens (including phenoxy) is 1. The number of amides is 1. The maximum Gasteiger partial charge on any atom is 0.302 e. The van der Waals surface area contributed by atoms with Crippen molar-refractivity contribution in [3.8, 4) is 0 Å². The molecule has 0 bridgehead atoms. The fourth-order valence-electron chi connectivity index (χ4n) is 9.58. The Morgan fingerprint density at radius 2 is 1.89 bits per heavy atom. The van der Waals surface area contributed by atoms with E-state index in [1.54, 1.807) is 6.92 Å². The molecule has 5 heteroatoms. The Morgan fingerprint density at radius 1 is 1.14 bits per heavy atom. The molecule has 3 saturated carbocycles. The summed E-state index contributed by atoms with van der Waals surface area (Å²) in [6, 6.07) is 0. The number of esters is 1. The van der Waals surface area contributed by atoms with Gasteiger partial charge < -0.3 is 10.1 Å². The highest BCUT2D eigenvalue weighted by atomic mass is 16.5. The van der Waals surface area contributed by atoms with Gasteiger partial charge in [-0.2, -0.15) is 0 Å². The van der Waals surface area contributed by atoms with Gasteiger partial charge >= 0.3 is 5.97 Å². The van der Waals surface area contributed by atoms with Gasteiger partial charge in [-0.05, 0) is 90.9 Å². The van der Waals surface area contributed by atoms with Crippen LogP contribution in [0.5, 0.6) is 0 Å². The van der Waals surface area contributed by atoms with E-state index < -0.39 is 0 Å². The van der Waals surface area contributed by atoms with Gasteiger partial charge in [0.1, 0.15) is 6.10 Å². The van der Waals surface area contributed by atoms with Gasteiger partial charge in [0.05, 0.1) is 0 Å². The first-order chi connectivity index (χ1) is 17.0. The van der Waals surface area contributed by atoms with E-state index in [9.17, 15) is 14.4 Å². The van der Waals surface area contributed by atoms with Crippen molar-refractivity contribution in [3.63, 3.8) is 0 Å². The SMILES string of the molecule is CC(=O)NC[C@H](C)CC1=C2C[C@H]3[C@@H]4CC=C5C[C@@H](OC(C)=O)CC[C@]5(C)[C@H]4CC[C@]3(C)[C@H]2[C@@H](C)C1=O. The number of hydrogen-bond donors (Lipinski definition) is 1. The van der Waals surface area contributed by atoms with Crippen molar-refractivity contribution in [3.05, 3.63) is 22.8 Å². The molecule has 0 aromatic heterocycles. The number of nitrogens with one attached hydrogen (secondary N) is 1. The Balaban J connectivity index is 1.40. The van der Waals surface area contributed by atoms with E-state index in [0.717, 1.165) is 44.1 Å². The molecular weight excluding hydrogens is 450 g/mol. The van der Waals surface area contributed by atoms with Crippen LogP contribution in [0.25, 0.3) is 0 Å². The smallest absolute Gasteiger partial charge is 0.302 e. The van der Waals surface area contributed by atoms with Gasteiger partial charge in [-0.25, -0.2) is 0 Å². The maximum atomic E-state index is 13.4. The summed E-state index contributed by atoms with van der Waals surface area (Å²) >= 11 is 0. The lowest BCUT2D eigenvalue weighted by atomic mass is 9.47. The second kappa shape index (κ2) is 9.13. The number of allylic oxidation sites excluding steroid dienone is 3. The molecule has 0 heterocycles. The summed E-state index contributed by atoms with van der Waals surface area (Å²) in [5.41, 5.74) is 4.50. The molecule has 3 fully saturated rings. The lowest BCUT2D eigenvalue weighted by molar-refractivity contribution is -0.148. The van der Waals surface area contributed by atoms with Gasteiger partial charge in [-0.15, -0.1) is 0 Å². The Bertz CT molecular complexity index is 1030. The molecule has 0 spiro atoms. The van der Waals surface area contributed by atoms with Crippen LogP contribution < -0.4 is 5.32 Å². The van der Waals surface area contributed by atoms with Crippen molar-refractivity contribution in [2.75, 3.05) is 6.54 Å². The molecular formula is C31H45NO4. The highest BCUT2D eigenvalue weighted by Crippen LogP contribution is 2.70. The number of Topliss-reactive ketones (excluding diaryl/α,β-unsaturated/α-hetero) is 1. The first kappa shape index (κ1) is 25.7. The summed E-state index contributed by atoms with van der Waals surface area (Å²) in [5, 5.41) is 2.94. The van der Waals surface area contributed by atoms with Crippen molar-refractivity contribution >= 4 is 17.7 Å². The molecule has 0 aliphatic heterocycles. The quantitative estimate of drug-likeness (QED) is 0.387. The van der Waals surface area contributed by atoms with Crippen molar-refractivity contribution in [1.82, 2.24) is 5.32 Å². The molecule has 0 aromatic carbocycles. The second-order valence-electron chi connectivity index (χ2n) is 13.4. The summed E-state index contributed by atoms with van der Waals surface area (Å²) in [6.45, 7) is 13.0. The third-order valence-electron chi connectivity index (χ3n) is 11.2. The van der Waals surface area contributed by atoms with E-state index in [-0.39, 0.29) is 40.6 Å². The first-order valence-electron chi connectivity index (χ1n) is 14.3. The fraction of sp³-hybridized carbons (Fsp3) is 0.774. The summed E-state index contributed by atoms with van der Waals surface area (Å²) in [7, 11) is 0. The van der Waals surface area contributed by atoms with Crippen LogP contribution in [0.2, 0.25) is 0 Å². The minimum atomic E-state index is -0.164. The van der Waals surface area contributed by atoms with E-state index in [1.165, 1.54) is 30.9 Å². The summed E-state index contributed by atoms with van der Waals surface area (Å²) < 4.78 is 5.61. The van der Waals surface area contributed by atoms with E-state index in [2.05, 4.69) is 39.1 Å². The van der Waals surface area contributed by atoms with Gasteiger partial charge in [-0.1, -0.05) is 44.9 Å². The van der Waals surface area contributed by atoms with Crippen molar-refractivity contribution in [1.29, 1.82) is 0 Å². The minimum Gasteiger partial charge on any atom is -0.462 e. The number of hydrogen-bond acceptors (Lipinski definition) is 4. The molecule has 5 nitrogen and oxygen atoms in total. The predicted molar refractivity (Wildman–Crippen MR) is 140 cm³/mol. The molecule has 1 N–H and O–H groups in total. The van der Waals surface area contributed by atoms with Gasteiger partial charge in [0, 0.05) is 32.7 Å². The molecule has 5 aliphatic carbocycles. The third-order valence-corrected chi connectivity index (χ3v) is 11.2. The highest BCUT2D eigenvalue weighted by Gasteiger charge is 2.63. The second-order valence-corrected chi connectivity index (χ2v) is 13.4. The minimum absolute atomic E-state index is 0.00552. The molecule has 0 aromatic rings. The van der Waals surface area contributed by atoms with Crippen molar-refractivity contribution in [2.24, 2.45) is 46.3 Å². The van der Waals surface area contributed by atoms with Crippen LogP contribution in [0, 0.1) is 46.3 Å². The Morgan fingerprint density at radius 3 is 2.58 bits per heavy atom. The lowest BCUT2D eigenvalue weighted by Gasteiger charge is -2.58. The summed E-state index contributed by atoms with van der Waals surface area (Å²) in [4.78, 5) is 36.4.